The lowest BCUT2D eigenvalue weighted by Crippen LogP contribution is -2.44. The molecule has 10 nitrogen and oxygen atoms in total. The van der Waals surface area contributed by atoms with Gasteiger partial charge in [-0.15, -0.1) is 0 Å². The molecule has 4 rings (SSSR count). The molecule has 0 bridgehead atoms. The molecule has 2 aromatic rings. The Morgan fingerprint density at radius 2 is 1.87 bits per heavy atom. The van der Waals surface area contributed by atoms with E-state index in [4.69, 9.17) is 0 Å². The number of anilines is 1. The number of carbonyl (C=O) groups excluding carboxylic acids is 3. The third kappa shape index (κ3) is 4.01. The first-order valence-electron chi connectivity index (χ1n) is 10.5. The minimum atomic E-state index is -0.765. The van der Waals surface area contributed by atoms with Crippen LogP contribution in [0.3, 0.4) is 0 Å². The van der Waals surface area contributed by atoms with Crippen LogP contribution in [0.25, 0.3) is 5.95 Å². The summed E-state index contributed by atoms with van der Waals surface area (Å²) in [5.74, 6) is 0.224. The quantitative estimate of drug-likeness (QED) is 0.708. The number of aromatic nitrogens is 4. The van der Waals surface area contributed by atoms with E-state index in [2.05, 4.69) is 25.7 Å². The van der Waals surface area contributed by atoms with Crippen LogP contribution < -0.4 is 10.6 Å². The lowest BCUT2D eigenvalue weighted by atomic mass is 9.92. The van der Waals surface area contributed by atoms with Crippen molar-refractivity contribution in [1.82, 2.24) is 30.0 Å². The normalized spacial score (nSPS) is 18.0. The fourth-order valence-corrected chi connectivity index (χ4v) is 4.01. The Kier molecular flexibility index (Phi) is 5.24. The van der Waals surface area contributed by atoms with Crippen molar-refractivity contribution in [2.75, 3.05) is 11.9 Å². The van der Waals surface area contributed by atoms with E-state index >= 15 is 0 Å². The fraction of sp³-hybridized carbons (Fsp3) is 0.524. The number of urea groups is 1. The monoisotopic (exact) mass is 425 g/mol. The van der Waals surface area contributed by atoms with Gasteiger partial charge in [-0.05, 0) is 18.9 Å². The van der Waals surface area contributed by atoms with Crippen molar-refractivity contribution < 1.29 is 14.4 Å². The minimum Gasteiger partial charge on any atom is -0.323 e. The van der Waals surface area contributed by atoms with Gasteiger partial charge < -0.3 is 10.6 Å². The molecule has 1 aliphatic heterocycles. The molecule has 2 N–H and O–H groups in total. The number of hydrogen-bond donors (Lipinski definition) is 2. The van der Waals surface area contributed by atoms with Gasteiger partial charge in [-0.2, -0.15) is 9.78 Å². The molecule has 1 saturated heterocycles. The van der Waals surface area contributed by atoms with E-state index in [-0.39, 0.29) is 30.2 Å². The summed E-state index contributed by atoms with van der Waals surface area (Å²) in [6, 6.07) is 3.07. The van der Waals surface area contributed by atoms with Crippen molar-refractivity contribution in [1.29, 1.82) is 0 Å². The minimum absolute atomic E-state index is 0.0130. The zero-order chi connectivity index (χ0) is 22.2. The number of rotatable bonds is 5. The maximum atomic E-state index is 12.7. The first-order chi connectivity index (χ1) is 14.7. The zero-order valence-corrected chi connectivity index (χ0v) is 18.0. The van der Waals surface area contributed by atoms with Crippen LogP contribution in [-0.2, 0) is 15.0 Å². The standard InChI is InChI=1S/C21H27N7O3/c1-20(2,3)14-13-15(28(26-14)18-22-10-6-11-23-18)24-16(29)7-12-27-17(30)21(25-19(27)31)8-4-5-9-21/h6,10-11,13H,4-5,7-9,12H2,1-3H3,(H,24,29)(H,25,31). The molecule has 2 fully saturated rings. The van der Waals surface area contributed by atoms with Gasteiger partial charge in [0.1, 0.15) is 11.4 Å². The molecule has 10 heteroatoms. The van der Waals surface area contributed by atoms with Gasteiger partial charge in [-0.1, -0.05) is 33.6 Å². The van der Waals surface area contributed by atoms with E-state index in [1.807, 2.05) is 20.8 Å². The Bertz CT molecular complexity index is 1000. The lowest BCUT2D eigenvalue weighted by Gasteiger charge is -2.19. The van der Waals surface area contributed by atoms with Crippen molar-refractivity contribution in [2.24, 2.45) is 0 Å². The molecule has 0 radical (unpaired) electrons. The van der Waals surface area contributed by atoms with Crippen molar-refractivity contribution in [3.8, 4) is 5.95 Å². The molecule has 0 unspecified atom stereocenters. The van der Waals surface area contributed by atoms with Crippen molar-refractivity contribution >= 4 is 23.7 Å². The number of imide groups is 1. The van der Waals surface area contributed by atoms with E-state index in [0.29, 0.717) is 24.6 Å². The molecule has 31 heavy (non-hydrogen) atoms. The van der Waals surface area contributed by atoms with Gasteiger partial charge in [0, 0.05) is 36.8 Å². The molecule has 4 amide bonds. The first-order valence-corrected chi connectivity index (χ1v) is 10.5. The Labute approximate surface area is 180 Å². The van der Waals surface area contributed by atoms with Gasteiger partial charge in [-0.25, -0.2) is 14.8 Å². The number of carbonyl (C=O) groups is 3. The molecule has 164 valence electrons. The van der Waals surface area contributed by atoms with Crippen molar-refractivity contribution in [3.05, 3.63) is 30.2 Å². The number of hydrogen-bond acceptors (Lipinski definition) is 6. The summed E-state index contributed by atoms with van der Waals surface area (Å²) in [7, 11) is 0. The summed E-state index contributed by atoms with van der Waals surface area (Å²) in [5, 5.41) is 10.2. The summed E-state index contributed by atoms with van der Waals surface area (Å²) in [6.07, 6.45) is 6.34. The van der Waals surface area contributed by atoms with E-state index in [1.54, 1.807) is 24.5 Å². The van der Waals surface area contributed by atoms with Crippen LogP contribution in [0.15, 0.2) is 24.5 Å². The van der Waals surface area contributed by atoms with Gasteiger partial charge in [0.25, 0.3) is 11.9 Å². The van der Waals surface area contributed by atoms with E-state index in [0.717, 1.165) is 23.4 Å². The largest absolute Gasteiger partial charge is 0.325 e. The molecule has 3 heterocycles. The second kappa shape index (κ2) is 7.75. The molecule has 1 spiro atoms. The topological polar surface area (TPSA) is 122 Å². The summed E-state index contributed by atoms with van der Waals surface area (Å²) in [4.78, 5) is 47.3. The second-order valence-corrected chi connectivity index (χ2v) is 9.10. The highest BCUT2D eigenvalue weighted by Gasteiger charge is 2.52. The maximum Gasteiger partial charge on any atom is 0.325 e. The molecule has 0 atom stereocenters. The SMILES string of the molecule is CC(C)(C)c1cc(NC(=O)CCN2C(=O)NC3(CCCC3)C2=O)n(-c2ncccn2)n1. The van der Waals surface area contributed by atoms with Crippen LogP contribution in [0, 0.1) is 0 Å². The molecular formula is C21H27N7O3. The van der Waals surface area contributed by atoms with E-state index < -0.39 is 11.6 Å². The van der Waals surface area contributed by atoms with Crippen molar-refractivity contribution in [3.63, 3.8) is 0 Å². The average Bonchev–Trinajstić information content (AvgIpc) is 3.41. The van der Waals surface area contributed by atoms with Crippen LogP contribution in [0.5, 0.6) is 0 Å². The summed E-state index contributed by atoms with van der Waals surface area (Å²) in [5.41, 5.74) is -0.235. The number of nitrogens with one attached hydrogen (secondary N) is 2. The Hall–Kier alpha value is -3.30. The molecule has 1 aliphatic carbocycles. The smallest absolute Gasteiger partial charge is 0.323 e. The Morgan fingerprint density at radius 3 is 2.52 bits per heavy atom. The number of amides is 4. The van der Waals surface area contributed by atoms with Crippen LogP contribution in [-0.4, -0.2) is 54.6 Å². The summed E-state index contributed by atoms with van der Waals surface area (Å²) < 4.78 is 1.49. The predicted molar refractivity (Wildman–Crippen MR) is 113 cm³/mol. The van der Waals surface area contributed by atoms with Gasteiger partial charge in [0.05, 0.1) is 5.69 Å². The highest BCUT2D eigenvalue weighted by atomic mass is 16.2. The lowest BCUT2D eigenvalue weighted by molar-refractivity contribution is -0.131. The zero-order valence-electron chi connectivity index (χ0n) is 18.0. The third-order valence-corrected chi connectivity index (χ3v) is 5.75. The summed E-state index contributed by atoms with van der Waals surface area (Å²) in [6.45, 7) is 6.09. The fourth-order valence-electron chi connectivity index (χ4n) is 4.01. The van der Waals surface area contributed by atoms with Gasteiger partial charge in [0.15, 0.2) is 0 Å². The van der Waals surface area contributed by atoms with E-state index in [9.17, 15) is 14.4 Å². The first kappa shape index (κ1) is 21.0. The Morgan fingerprint density at radius 1 is 1.19 bits per heavy atom. The van der Waals surface area contributed by atoms with E-state index in [1.165, 1.54) is 4.68 Å². The number of nitrogens with zero attached hydrogens (tertiary/aromatic N) is 5. The highest BCUT2D eigenvalue weighted by Crippen LogP contribution is 2.35. The highest BCUT2D eigenvalue weighted by molar-refractivity contribution is 6.07. The molecule has 0 aromatic carbocycles. The van der Waals surface area contributed by atoms with Crippen LogP contribution in [0.2, 0.25) is 0 Å². The molecule has 2 aromatic heterocycles. The molecular weight excluding hydrogens is 398 g/mol. The second-order valence-electron chi connectivity index (χ2n) is 9.10. The van der Waals surface area contributed by atoms with Crippen molar-refractivity contribution in [2.45, 2.75) is 63.8 Å². The van der Waals surface area contributed by atoms with Gasteiger partial charge in [-0.3, -0.25) is 14.5 Å². The van der Waals surface area contributed by atoms with Crippen LogP contribution in [0.4, 0.5) is 10.6 Å². The molecule has 1 saturated carbocycles. The Balaban J connectivity index is 1.47. The predicted octanol–water partition coefficient (Wildman–Crippen LogP) is 2.15. The summed E-state index contributed by atoms with van der Waals surface area (Å²) >= 11 is 0. The average molecular weight is 425 g/mol. The third-order valence-electron chi connectivity index (χ3n) is 5.75. The van der Waals surface area contributed by atoms with Crippen LogP contribution in [0.1, 0.15) is 58.6 Å². The van der Waals surface area contributed by atoms with Crippen LogP contribution >= 0.6 is 0 Å². The molecule has 2 aliphatic rings. The van der Waals surface area contributed by atoms with Gasteiger partial charge >= 0.3 is 6.03 Å². The maximum absolute atomic E-state index is 12.7. The van der Waals surface area contributed by atoms with Gasteiger partial charge in [0.2, 0.25) is 5.91 Å².